The van der Waals surface area contributed by atoms with Gasteiger partial charge < -0.3 is 16.4 Å². The van der Waals surface area contributed by atoms with Gasteiger partial charge in [-0.15, -0.1) is 0 Å². The van der Waals surface area contributed by atoms with Crippen molar-refractivity contribution in [3.8, 4) is 0 Å². The number of hydrogen-bond donors (Lipinski definition) is 3. The number of rotatable bonds is 6. The minimum atomic E-state index is -4.52. The predicted molar refractivity (Wildman–Crippen MR) is 70.2 cm³/mol. The molecule has 1 rings (SSSR count). The minimum Gasteiger partial charge on any atom is -0.369 e. The summed E-state index contributed by atoms with van der Waals surface area (Å²) in [6.07, 6.45) is -4.39. The summed E-state index contributed by atoms with van der Waals surface area (Å²) in [6.45, 7) is -1.70. The molecule has 0 aliphatic carbocycles. The van der Waals surface area contributed by atoms with Gasteiger partial charge in [0.05, 0.1) is 5.92 Å². The Morgan fingerprint density at radius 2 is 1.73 bits per heavy atom. The summed E-state index contributed by atoms with van der Waals surface area (Å²) in [5.74, 6) is -1.98. The molecule has 0 aromatic heterocycles. The van der Waals surface area contributed by atoms with Gasteiger partial charge >= 0.3 is 12.2 Å². The summed E-state index contributed by atoms with van der Waals surface area (Å²) >= 11 is 0. The van der Waals surface area contributed by atoms with Crippen LogP contribution >= 0.6 is 0 Å². The fraction of sp³-hybridized carbons (Fsp3) is 0.385. The van der Waals surface area contributed by atoms with Gasteiger partial charge in [0.25, 0.3) is 0 Å². The van der Waals surface area contributed by atoms with Crippen molar-refractivity contribution >= 4 is 11.9 Å². The van der Waals surface area contributed by atoms with Gasteiger partial charge in [0.15, 0.2) is 0 Å². The highest BCUT2D eigenvalue weighted by atomic mass is 19.4. The number of benzene rings is 1. The molecule has 5 nitrogen and oxygen atoms in total. The van der Waals surface area contributed by atoms with Crippen LogP contribution in [0.4, 0.5) is 22.4 Å². The number of alkyl halides is 3. The van der Waals surface area contributed by atoms with Crippen LogP contribution in [-0.2, 0) is 11.2 Å². The Balaban J connectivity index is 2.49. The van der Waals surface area contributed by atoms with Gasteiger partial charge in [-0.3, -0.25) is 4.79 Å². The first kappa shape index (κ1) is 17.7. The Morgan fingerprint density at radius 1 is 1.14 bits per heavy atom. The zero-order chi connectivity index (χ0) is 16.8. The lowest BCUT2D eigenvalue weighted by Gasteiger charge is -2.15. The standard InChI is InChI=1S/C13H15F4N3O2/c14-10-3-1-8(2-4-10)5-9(11(18)21)6-19-12(22)20-7-13(15,16)17/h1-4,9H,5-7H2,(H2,18,21)(H2,19,20,22)/t9-/m0/s1. The average Bonchev–Trinajstić information content (AvgIpc) is 2.42. The molecule has 0 saturated heterocycles. The van der Waals surface area contributed by atoms with E-state index in [2.05, 4.69) is 5.32 Å². The first-order chi connectivity index (χ1) is 10.2. The van der Waals surface area contributed by atoms with Gasteiger partial charge in [0.1, 0.15) is 12.4 Å². The van der Waals surface area contributed by atoms with Crippen molar-refractivity contribution in [1.29, 1.82) is 0 Å². The van der Waals surface area contributed by atoms with Crippen LogP contribution in [0, 0.1) is 11.7 Å². The van der Waals surface area contributed by atoms with E-state index < -0.39 is 36.4 Å². The molecule has 0 heterocycles. The first-order valence-electron chi connectivity index (χ1n) is 6.29. The van der Waals surface area contributed by atoms with Crippen LogP contribution in [0.15, 0.2) is 24.3 Å². The number of carbonyl (C=O) groups is 2. The van der Waals surface area contributed by atoms with Crippen LogP contribution in [0.1, 0.15) is 5.56 Å². The first-order valence-corrected chi connectivity index (χ1v) is 6.29. The summed E-state index contributed by atoms with van der Waals surface area (Å²) in [5.41, 5.74) is 5.79. The van der Waals surface area contributed by atoms with E-state index in [4.69, 9.17) is 5.73 Å². The molecule has 1 aromatic carbocycles. The molecule has 0 fully saturated rings. The highest BCUT2D eigenvalue weighted by molar-refractivity contribution is 5.79. The molecule has 0 saturated carbocycles. The van der Waals surface area contributed by atoms with E-state index >= 15 is 0 Å². The van der Waals surface area contributed by atoms with E-state index in [1.165, 1.54) is 24.3 Å². The Morgan fingerprint density at radius 3 is 2.23 bits per heavy atom. The van der Waals surface area contributed by atoms with Crippen molar-refractivity contribution in [2.24, 2.45) is 11.7 Å². The Bertz CT molecular complexity index is 517. The lowest BCUT2D eigenvalue weighted by molar-refractivity contribution is -0.123. The molecule has 0 radical (unpaired) electrons. The second kappa shape index (κ2) is 7.62. The summed E-state index contributed by atoms with van der Waals surface area (Å²) in [6, 6.07) is 4.26. The second-order valence-electron chi connectivity index (χ2n) is 4.61. The predicted octanol–water partition coefficient (Wildman–Crippen LogP) is 1.33. The van der Waals surface area contributed by atoms with Crippen molar-refractivity contribution in [1.82, 2.24) is 10.6 Å². The van der Waals surface area contributed by atoms with E-state index in [0.717, 1.165) is 0 Å². The highest BCUT2D eigenvalue weighted by Gasteiger charge is 2.27. The number of halogens is 4. The summed E-state index contributed by atoms with van der Waals surface area (Å²) in [7, 11) is 0. The second-order valence-corrected chi connectivity index (χ2v) is 4.61. The number of primary amides is 1. The van der Waals surface area contributed by atoms with Gasteiger partial charge in [-0.1, -0.05) is 12.1 Å². The topological polar surface area (TPSA) is 84.2 Å². The fourth-order valence-corrected chi connectivity index (χ4v) is 1.64. The molecule has 9 heteroatoms. The molecule has 0 unspecified atom stereocenters. The van der Waals surface area contributed by atoms with Crippen LogP contribution in [0.3, 0.4) is 0 Å². The number of amides is 3. The minimum absolute atomic E-state index is 0.134. The van der Waals surface area contributed by atoms with Crippen molar-refractivity contribution in [3.05, 3.63) is 35.6 Å². The molecule has 0 spiro atoms. The Labute approximate surface area is 123 Å². The molecule has 1 aromatic rings. The molecule has 0 aliphatic rings. The molecule has 22 heavy (non-hydrogen) atoms. The maximum absolute atomic E-state index is 12.8. The fourth-order valence-electron chi connectivity index (χ4n) is 1.64. The smallest absolute Gasteiger partial charge is 0.369 e. The zero-order valence-electron chi connectivity index (χ0n) is 11.4. The number of hydrogen-bond acceptors (Lipinski definition) is 2. The Hall–Kier alpha value is -2.32. The van der Waals surface area contributed by atoms with Gasteiger partial charge in [-0.2, -0.15) is 13.2 Å². The van der Waals surface area contributed by atoms with Crippen molar-refractivity contribution in [2.75, 3.05) is 13.1 Å². The van der Waals surface area contributed by atoms with E-state index in [9.17, 15) is 27.2 Å². The average molecular weight is 321 g/mol. The third-order valence-corrected chi connectivity index (χ3v) is 2.76. The maximum atomic E-state index is 12.8. The zero-order valence-corrected chi connectivity index (χ0v) is 11.4. The Kier molecular flexibility index (Phi) is 6.14. The molecule has 0 bridgehead atoms. The largest absolute Gasteiger partial charge is 0.405 e. The summed E-state index contributed by atoms with van der Waals surface area (Å²) < 4.78 is 48.5. The van der Waals surface area contributed by atoms with Crippen LogP contribution in [0.25, 0.3) is 0 Å². The molecule has 122 valence electrons. The lowest BCUT2D eigenvalue weighted by atomic mass is 9.98. The quantitative estimate of drug-likeness (QED) is 0.691. The van der Waals surface area contributed by atoms with E-state index in [1.54, 1.807) is 5.32 Å². The SMILES string of the molecule is NC(=O)[C@H](CNC(=O)NCC(F)(F)F)Cc1ccc(F)cc1. The van der Waals surface area contributed by atoms with Gasteiger partial charge in [0, 0.05) is 6.54 Å². The van der Waals surface area contributed by atoms with Crippen LogP contribution in [-0.4, -0.2) is 31.2 Å². The number of nitrogens with one attached hydrogen (secondary N) is 2. The van der Waals surface area contributed by atoms with Crippen LogP contribution in [0.2, 0.25) is 0 Å². The molecule has 4 N–H and O–H groups in total. The van der Waals surface area contributed by atoms with Crippen molar-refractivity contribution in [2.45, 2.75) is 12.6 Å². The summed E-state index contributed by atoms with van der Waals surface area (Å²) in [4.78, 5) is 22.5. The molecule has 0 aliphatic heterocycles. The van der Waals surface area contributed by atoms with Gasteiger partial charge in [-0.05, 0) is 24.1 Å². The van der Waals surface area contributed by atoms with Crippen LogP contribution in [0.5, 0.6) is 0 Å². The summed E-state index contributed by atoms with van der Waals surface area (Å²) in [5, 5.41) is 3.75. The van der Waals surface area contributed by atoms with Crippen LogP contribution < -0.4 is 16.4 Å². The van der Waals surface area contributed by atoms with Crippen molar-refractivity contribution < 1.29 is 27.2 Å². The number of nitrogens with two attached hydrogens (primary N) is 1. The normalized spacial score (nSPS) is 12.5. The van der Waals surface area contributed by atoms with E-state index in [-0.39, 0.29) is 13.0 Å². The van der Waals surface area contributed by atoms with E-state index in [1.807, 2.05) is 0 Å². The number of carbonyl (C=O) groups excluding carboxylic acids is 2. The molecular weight excluding hydrogens is 306 g/mol. The molecule has 1 atom stereocenters. The maximum Gasteiger partial charge on any atom is 0.405 e. The molecule has 3 amide bonds. The monoisotopic (exact) mass is 321 g/mol. The molecular formula is C13H15F4N3O2. The van der Waals surface area contributed by atoms with E-state index in [0.29, 0.717) is 5.56 Å². The lowest BCUT2D eigenvalue weighted by Crippen LogP contribution is -2.44. The van der Waals surface area contributed by atoms with Gasteiger partial charge in [-0.25, -0.2) is 9.18 Å². The highest BCUT2D eigenvalue weighted by Crippen LogP contribution is 2.12. The van der Waals surface area contributed by atoms with Gasteiger partial charge in [0.2, 0.25) is 5.91 Å². The number of urea groups is 1. The third kappa shape index (κ3) is 6.91. The third-order valence-electron chi connectivity index (χ3n) is 2.76. The van der Waals surface area contributed by atoms with Crippen molar-refractivity contribution in [3.63, 3.8) is 0 Å².